The number of amidine groups is 1. The van der Waals surface area contributed by atoms with Crippen molar-refractivity contribution in [3.63, 3.8) is 0 Å². The molecule has 0 fully saturated rings. The number of hydrogen-bond acceptors (Lipinski definition) is 4. The number of nitrogens with zero attached hydrogens (tertiary/aromatic N) is 2. The van der Waals surface area contributed by atoms with Crippen molar-refractivity contribution < 1.29 is 4.74 Å². The zero-order chi connectivity index (χ0) is 14.3. The Morgan fingerprint density at radius 2 is 2.26 bits per heavy atom. The molecule has 3 N–H and O–H groups in total. The summed E-state index contributed by atoms with van der Waals surface area (Å²) in [6.45, 7) is 8.23. The van der Waals surface area contributed by atoms with Crippen molar-refractivity contribution in [2.45, 2.75) is 27.2 Å². The minimum atomic E-state index is 0.000909. The quantitative estimate of drug-likeness (QED) is 0.558. The van der Waals surface area contributed by atoms with Gasteiger partial charge in [0.15, 0.2) is 11.6 Å². The van der Waals surface area contributed by atoms with Gasteiger partial charge in [-0.15, -0.1) is 0 Å². The zero-order valence-corrected chi connectivity index (χ0v) is 12.0. The van der Waals surface area contributed by atoms with Gasteiger partial charge >= 0.3 is 0 Å². The highest BCUT2D eigenvalue weighted by atomic mass is 16.5. The summed E-state index contributed by atoms with van der Waals surface area (Å²) in [5.41, 5.74) is 5.54. The van der Waals surface area contributed by atoms with E-state index in [1.54, 1.807) is 6.20 Å². The molecule has 5 heteroatoms. The van der Waals surface area contributed by atoms with Gasteiger partial charge < -0.3 is 15.4 Å². The molecule has 0 saturated carbocycles. The largest absolute Gasteiger partial charge is 0.490 e. The molecule has 106 valence electrons. The highest BCUT2D eigenvalue weighted by molar-refractivity contribution is 5.79. The van der Waals surface area contributed by atoms with E-state index < -0.39 is 0 Å². The van der Waals surface area contributed by atoms with Crippen molar-refractivity contribution in [1.82, 2.24) is 4.98 Å². The predicted octanol–water partition coefficient (Wildman–Crippen LogP) is 2.27. The summed E-state index contributed by atoms with van der Waals surface area (Å²) >= 11 is 0. The van der Waals surface area contributed by atoms with Gasteiger partial charge in [0, 0.05) is 25.2 Å². The van der Waals surface area contributed by atoms with E-state index >= 15 is 0 Å². The lowest BCUT2D eigenvalue weighted by Crippen LogP contribution is -2.35. The van der Waals surface area contributed by atoms with Crippen molar-refractivity contribution >= 4 is 11.7 Å². The maximum atomic E-state index is 7.50. The molecule has 1 rings (SSSR count). The average Bonchev–Trinajstić information content (AvgIpc) is 2.42. The van der Waals surface area contributed by atoms with Crippen LogP contribution in [0.1, 0.15) is 27.2 Å². The predicted molar refractivity (Wildman–Crippen MR) is 79.0 cm³/mol. The molecule has 1 heterocycles. The van der Waals surface area contributed by atoms with Crippen molar-refractivity contribution in [1.29, 1.82) is 5.41 Å². The van der Waals surface area contributed by atoms with Crippen LogP contribution < -0.4 is 15.4 Å². The van der Waals surface area contributed by atoms with Crippen LogP contribution in [0.2, 0.25) is 0 Å². The lowest BCUT2D eigenvalue weighted by Gasteiger charge is -2.26. The second kappa shape index (κ2) is 7.61. The van der Waals surface area contributed by atoms with Crippen molar-refractivity contribution in [2.24, 2.45) is 11.7 Å². The molecule has 19 heavy (non-hydrogen) atoms. The number of aromatic nitrogens is 1. The Labute approximate surface area is 115 Å². The molecule has 0 aliphatic rings. The first-order chi connectivity index (χ1) is 9.10. The van der Waals surface area contributed by atoms with Crippen molar-refractivity contribution in [3.8, 4) is 5.75 Å². The summed E-state index contributed by atoms with van der Waals surface area (Å²) in [7, 11) is 0. The minimum Gasteiger partial charge on any atom is -0.490 e. The van der Waals surface area contributed by atoms with E-state index in [1.807, 2.05) is 19.1 Å². The minimum absolute atomic E-state index is 0.000909. The first-order valence-corrected chi connectivity index (χ1v) is 6.76. The number of ether oxygens (including phenoxy) is 1. The summed E-state index contributed by atoms with van der Waals surface area (Å²) in [5, 5.41) is 7.50. The van der Waals surface area contributed by atoms with E-state index in [9.17, 15) is 0 Å². The molecule has 0 radical (unpaired) electrons. The number of anilines is 1. The fourth-order valence-corrected chi connectivity index (χ4v) is 1.74. The van der Waals surface area contributed by atoms with Crippen LogP contribution in [-0.2, 0) is 0 Å². The van der Waals surface area contributed by atoms with Crippen LogP contribution >= 0.6 is 0 Å². The first-order valence-electron chi connectivity index (χ1n) is 6.76. The molecule has 0 saturated heterocycles. The molecule has 1 atom stereocenters. The van der Waals surface area contributed by atoms with Crippen LogP contribution in [0.4, 0.5) is 5.82 Å². The molecule has 5 nitrogen and oxygen atoms in total. The molecular formula is C14H24N4O. The van der Waals surface area contributed by atoms with Crippen LogP contribution in [0.25, 0.3) is 0 Å². The summed E-state index contributed by atoms with van der Waals surface area (Å²) in [5.74, 6) is 1.82. The van der Waals surface area contributed by atoms with Crippen molar-refractivity contribution in [2.75, 3.05) is 24.6 Å². The zero-order valence-electron chi connectivity index (χ0n) is 12.0. The number of nitrogens with one attached hydrogen (secondary N) is 1. The van der Waals surface area contributed by atoms with E-state index in [4.69, 9.17) is 15.9 Å². The monoisotopic (exact) mass is 264 g/mol. The van der Waals surface area contributed by atoms with Gasteiger partial charge in [-0.2, -0.15) is 0 Å². The van der Waals surface area contributed by atoms with Crippen molar-refractivity contribution in [3.05, 3.63) is 18.3 Å². The maximum absolute atomic E-state index is 7.50. The normalized spacial score (nSPS) is 11.9. The van der Waals surface area contributed by atoms with Crippen LogP contribution in [-0.4, -0.2) is 30.5 Å². The van der Waals surface area contributed by atoms with Gasteiger partial charge in [0.25, 0.3) is 0 Å². The molecule has 0 bridgehead atoms. The van der Waals surface area contributed by atoms with Crippen LogP contribution in [0.3, 0.4) is 0 Å². The number of pyridine rings is 1. The third-order valence-electron chi connectivity index (χ3n) is 2.92. The maximum Gasteiger partial charge on any atom is 0.171 e. The van der Waals surface area contributed by atoms with Crippen LogP contribution in [0.5, 0.6) is 5.75 Å². The van der Waals surface area contributed by atoms with Gasteiger partial charge in [0.1, 0.15) is 0 Å². The molecule has 1 unspecified atom stereocenters. The fraction of sp³-hybridized carbons (Fsp3) is 0.571. The van der Waals surface area contributed by atoms with Gasteiger partial charge in [0.2, 0.25) is 0 Å². The molecule has 0 aliphatic heterocycles. The molecule has 1 aromatic heterocycles. The van der Waals surface area contributed by atoms with Gasteiger partial charge in [-0.05, 0) is 25.5 Å². The highest BCUT2D eigenvalue weighted by Gasteiger charge is 2.16. The second-order valence-electron chi connectivity index (χ2n) is 4.57. The Bertz CT molecular complexity index is 408. The van der Waals surface area contributed by atoms with Crippen LogP contribution in [0.15, 0.2) is 18.3 Å². The highest BCUT2D eigenvalue weighted by Crippen LogP contribution is 2.25. The number of nitrogens with two attached hydrogens (primary N) is 1. The lowest BCUT2D eigenvalue weighted by atomic mass is 10.1. The van der Waals surface area contributed by atoms with Crippen LogP contribution in [0, 0.1) is 11.3 Å². The lowest BCUT2D eigenvalue weighted by molar-refractivity contribution is 0.316. The third kappa shape index (κ3) is 4.43. The molecule has 1 aromatic rings. The molecule has 0 spiro atoms. The van der Waals surface area contributed by atoms with E-state index in [2.05, 4.69) is 23.7 Å². The topological polar surface area (TPSA) is 75.2 Å². The third-order valence-corrected chi connectivity index (χ3v) is 2.92. The first kappa shape index (κ1) is 15.3. The smallest absolute Gasteiger partial charge is 0.171 e. The Morgan fingerprint density at radius 3 is 2.84 bits per heavy atom. The van der Waals surface area contributed by atoms with E-state index in [0.717, 1.165) is 24.5 Å². The summed E-state index contributed by atoms with van der Waals surface area (Å²) in [6, 6.07) is 3.80. The Hall–Kier alpha value is -1.78. The summed E-state index contributed by atoms with van der Waals surface area (Å²) < 4.78 is 5.72. The SMILES string of the molecule is CCCOc1cccnc1N(CC)CC(C)C(=N)N. The van der Waals surface area contributed by atoms with E-state index in [1.165, 1.54) is 0 Å². The summed E-state index contributed by atoms with van der Waals surface area (Å²) in [4.78, 5) is 6.50. The number of hydrogen-bond donors (Lipinski definition) is 2. The fourth-order valence-electron chi connectivity index (χ4n) is 1.74. The molecule has 0 aliphatic carbocycles. The van der Waals surface area contributed by atoms with E-state index in [-0.39, 0.29) is 11.8 Å². The standard InChI is InChI=1S/C14H24N4O/c1-4-9-19-12-7-6-8-17-14(12)18(5-2)10-11(3)13(15)16/h6-8,11H,4-5,9-10H2,1-3H3,(H3,15,16). The van der Waals surface area contributed by atoms with Gasteiger partial charge in [-0.3, -0.25) is 5.41 Å². The van der Waals surface area contributed by atoms with Gasteiger partial charge in [-0.1, -0.05) is 13.8 Å². The summed E-state index contributed by atoms with van der Waals surface area (Å²) in [6.07, 6.45) is 2.72. The average molecular weight is 264 g/mol. The Kier molecular flexibility index (Phi) is 6.12. The van der Waals surface area contributed by atoms with Gasteiger partial charge in [0.05, 0.1) is 12.4 Å². The molecular weight excluding hydrogens is 240 g/mol. The Morgan fingerprint density at radius 1 is 1.53 bits per heavy atom. The Balaban J connectivity index is 2.87. The second-order valence-corrected chi connectivity index (χ2v) is 4.57. The molecule has 0 aromatic carbocycles. The number of rotatable bonds is 8. The molecule has 0 amide bonds. The van der Waals surface area contributed by atoms with E-state index in [0.29, 0.717) is 13.2 Å². The van der Waals surface area contributed by atoms with Gasteiger partial charge in [-0.25, -0.2) is 4.98 Å².